The number of phenolic OH excluding ortho intramolecular Hbond substituents is 1. The number of rotatable bonds is 2. The van der Waals surface area contributed by atoms with E-state index in [9.17, 15) is 5.11 Å². The number of hydrogen-bond donors (Lipinski definition) is 3. The number of hydrogen-bond acceptors (Lipinski definition) is 4. The molecule has 0 aliphatic carbocycles. The first-order valence-corrected chi connectivity index (χ1v) is 4.90. The van der Waals surface area contributed by atoms with Gasteiger partial charge in [0.2, 0.25) is 0 Å². The van der Waals surface area contributed by atoms with Gasteiger partial charge in [0.15, 0.2) is 5.75 Å². The van der Waals surface area contributed by atoms with Crippen molar-refractivity contribution in [1.29, 1.82) is 0 Å². The summed E-state index contributed by atoms with van der Waals surface area (Å²) in [6.07, 6.45) is 0. The molecule has 82 valence electrons. The van der Waals surface area contributed by atoms with Crippen LogP contribution in [0.25, 0.3) is 10.8 Å². The van der Waals surface area contributed by atoms with E-state index < -0.39 is 7.32 Å². The molecule has 3 N–H and O–H groups in total. The smallest absolute Gasteiger partial charge is 0.509 e. The van der Waals surface area contributed by atoms with Crippen LogP contribution in [0.15, 0.2) is 30.3 Å². The highest BCUT2D eigenvalue weighted by Crippen LogP contribution is 2.40. The van der Waals surface area contributed by atoms with Crippen molar-refractivity contribution >= 4 is 29.7 Å². The molecular formula is C10H8BClO4. The third kappa shape index (κ3) is 1.93. The van der Waals surface area contributed by atoms with Gasteiger partial charge in [-0.15, -0.1) is 0 Å². The Labute approximate surface area is 96.8 Å². The highest BCUT2D eigenvalue weighted by Gasteiger charge is 2.17. The van der Waals surface area contributed by atoms with E-state index >= 15 is 0 Å². The van der Waals surface area contributed by atoms with Crippen molar-refractivity contribution in [1.82, 2.24) is 0 Å². The second-order valence-corrected chi connectivity index (χ2v) is 3.58. The monoisotopic (exact) mass is 238 g/mol. The molecule has 0 amide bonds. The lowest BCUT2D eigenvalue weighted by Crippen LogP contribution is -2.20. The summed E-state index contributed by atoms with van der Waals surface area (Å²) < 4.78 is 4.61. The second-order valence-electron chi connectivity index (χ2n) is 3.20. The van der Waals surface area contributed by atoms with Crippen LogP contribution < -0.4 is 4.65 Å². The Morgan fingerprint density at radius 2 is 1.88 bits per heavy atom. The maximum absolute atomic E-state index is 9.67. The van der Waals surface area contributed by atoms with E-state index in [1.54, 1.807) is 24.3 Å². The highest BCUT2D eigenvalue weighted by atomic mass is 35.5. The van der Waals surface area contributed by atoms with E-state index in [1.807, 2.05) is 0 Å². The minimum absolute atomic E-state index is 0.0706. The van der Waals surface area contributed by atoms with Gasteiger partial charge in [0.25, 0.3) is 0 Å². The largest absolute Gasteiger partial charge is 0.707 e. The zero-order valence-electron chi connectivity index (χ0n) is 8.09. The van der Waals surface area contributed by atoms with E-state index in [-0.39, 0.29) is 16.5 Å². The van der Waals surface area contributed by atoms with Crippen molar-refractivity contribution in [3.8, 4) is 11.5 Å². The lowest BCUT2D eigenvalue weighted by atomic mass is 10.1. The summed E-state index contributed by atoms with van der Waals surface area (Å²) in [5.41, 5.74) is 0. The molecule has 0 spiro atoms. The van der Waals surface area contributed by atoms with Gasteiger partial charge in [-0.25, -0.2) is 0 Å². The second kappa shape index (κ2) is 4.21. The van der Waals surface area contributed by atoms with E-state index in [0.717, 1.165) is 5.39 Å². The van der Waals surface area contributed by atoms with Crippen LogP contribution in [0.5, 0.6) is 11.5 Å². The third-order valence-electron chi connectivity index (χ3n) is 2.16. The summed E-state index contributed by atoms with van der Waals surface area (Å²) >= 11 is 5.92. The minimum Gasteiger partial charge on any atom is -0.509 e. The SMILES string of the molecule is OB(O)Oc1cc2ccccc2c(Cl)c1O. The van der Waals surface area contributed by atoms with Crippen molar-refractivity contribution in [3.63, 3.8) is 0 Å². The fourth-order valence-corrected chi connectivity index (χ4v) is 1.74. The van der Waals surface area contributed by atoms with Gasteiger partial charge in [-0.1, -0.05) is 35.9 Å². The molecule has 6 heteroatoms. The van der Waals surface area contributed by atoms with Gasteiger partial charge >= 0.3 is 7.32 Å². The van der Waals surface area contributed by atoms with Crippen LogP contribution in [0.4, 0.5) is 0 Å². The Hall–Kier alpha value is -1.43. The molecule has 0 aliphatic rings. The van der Waals surface area contributed by atoms with Gasteiger partial charge < -0.3 is 19.8 Å². The molecule has 0 atom stereocenters. The summed E-state index contributed by atoms with van der Waals surface area (Å²) in [5, 5.41) is 28.5. The van der Waals surface area contributed by atoms with E-state index in [2.05, 4.69) is 4.65 Å². The zero-order valence-corrected chi connectivity index (χ0v) is 8.85. The zero-order chi connectivity index (χ0) is 11.7. The molecular weight excluding hydrogens is 230 g/mol. The summed E-state index contributed by atoms with van der Waals surface area (Å²) in [6.45, 7) is 0. The summed E-state index contributed by atoms with van der Waals surface area (Å²) in [5.74, 6) is -0.382. The lowest BCUT2D eigenvalue weighted by molar-refractivity contribution is 0.281. The van der Waals surface area contributed by atoms with Gasteiger partial charge in [0.1, 0.15) is 5.75 Å². The van der Waals surface area contributed by atoms with Gasteiger partial charge in [-0.05, 0) is 11.5 Å². The number of fused-ring (bicyclic) bond motifs is 1. The van der Waals surface area contributed by atoms with E-state index in [1.165, 1.54) is 6.07 Å². The van der Waals surface area contributed by atoms with Gasteiger partial charge in [0, 0.05) is 5.39 Å². The van der Waals surface area contributed by atoms with Gasteiger partial charge in [-0.2, -0.15) is 0 Å². The quantitative estimate of drug-likeness (QED) is 0.694. The van der Waals surface area contributed by atoms with Crippen LogP contribution in [0.2, 0.25) is 5.02 Å². The molecule has 0 unspecified atom stereocenters. The van der Waals surface area contributed by atoms with Gasteiger partial charge in [0.05, 0.1) is 5.02 Å². The number of halogens is 1. The first-order valence-electron chi connectivity index (χ1n) is 4.52. The van der Waals surface area contributed by atoms with Crippen LogP contribution in [0.1, 0.15) is 0 Å². The molecule has 2 aromatic rings. The molecule has 0 fully saturated rings. The number of phenols is 1. The van der Waals surface area contributed by atoms with Crippen molar-refractivity contribution < 1.29 is 19.8 Å². The van der Waals surface area contributed by atoms with Crippen LogP contribution in [-0.4, -0.2) is 22.5 Å². The fraction of sp³-hybridized carbons (Fsp3) is 0. The Morgan fingerprint density at radius 3 is 2.56 bits per heavy atom. The van der Waals surface area contributed by atoms with Gasteiger partial charge in [-0.3, -0.25) is 0 Å². The Balaban J connectivity index is 2.64. The fourth-order valence-electron chi connectivity index (χ4n) is 1.47. The predicted molar refractivity (Wildman–Crippen MR) is 61.4 cm³/mol. The number of benzene rings is 2. The highest BCUT2D eigenvalue weighted by molar-refractivity contribution is 6.38. The minimum atomic E-state index is -2.00. The first-order chi connectivity index (χ1) is 7.59. The number of aromatic hydroxyl groups is 1. The predicted octanol–water partition coefficient (Wildman–Crippen LogP) is 1.55. The molecule has 0 radical (unpaired) electrons. The standard InChI is InChI=1S/C10H8BClO4/c12-9-7-4-2-1-3-6(7)5-8(10(9)13)16-11(14)15/h1-5,13-15H. The normalized spacial score (nSPS) is 10.4. The summed E-state index contributed by atoms with van der Waals surface area (Å²) in [7, 11) is -2.00. The molecule has 0 saturated heterocycles. The van der Waals surface area contributed by atoms with Crippen molar-refractivity contribution in [2.24, 2.45) is 0 Å². The van der Waals surface area contributed by atoms with Crippen LogP contribution in [0, 0.1) is 0 Å². The van der Waals surface area contributed by atoms with Crippen molar-refractivity contribution in [2.75, 3.05) is 0 Å². The molecule has 0 saturated carbocycles. The Bertz CT molecular complexity index is 529. The van der Waals surface area contributed by atoms with Crippen LogP contribution >= 0.6 is 11.6 Å². The summed E-state index contributed by atoms with van der Waals surface area (Å²) in [4.78, 5) is 0. The van der Waals surface area contributed by atoms with E-state index in [4.69, 9.17) is 21.6 Å². The summed E-state index contributed by atoms with van der Waals surface area (Å²) in [6, 6.07) is 8.59. The molecule has 2 aromatic carbocycles. The van der Waals surface area contributed by atoms with Crippen molar-refractivity contribution in [3.05, 3.63) is 35.4 Å². The molecule has 16 heavy (non-hydrogen) atoms. The Kier molecular flexibility index (Phi) is 2.91. The van der Waals surface area contributed by atoms with E-state index in [0.29, 0.717) is 5.39 Å². The third-order valence-corrected chi connectivity index (χ3v) is 2.54. The molecule has 2 rings (SSSR count). The molecule has 0 bridgehead atoms. The maximum Gasteiger partial charge on any atom is 0.707 e. The molecule has 0 aromatic heterocycles. The first kappa shape index (κ1) is 11.1. The van der Waals surface area contributed by atoms with Crippen LogP contribution in [-0.2, 0) is 0 Å². The van der Waals surface area contributed by atoms with Crippen LogP contribution in [0.3, 0.4) is 0 Å². The molecule has 0 aliphatic heterocycles. The average Bonchev–Trinajstić information content (AvgIpc) is 2.25. The average molecular weight is 238 g/mol. The topological polar surface area (TPSA) is 69.9 Å². The maximum atomic E-state index is 9.67. The molecule has 0 heterocycles. The van der Waals surface area contributed by atoms with Crippen molar-refractivity contribution in [2.45, 2.75) is 0 Å². The lowest BCUT2D eigenvalue weighted by Gasteiger charge is -2.10. The Morgan fingerprint density at radius 1 is 1.19 bits per heavy atom. The molecule has 4 nitrogen and oxygen atoms in total.